The van der Waals surface area contributed by atoms with E-state index in [9.17, 15) is 4.79 Å². The molecular formula is C10H8BrNO2. The van der Waals surface area contributed by atoms with Gasteiger partial charge in [0.1, 0.15) is 0 Å². The molecule has 0 fully saturated rings. The molecule has 3 nitrogen and oxygen atoms in total. The van der Waals surface area contributed by atoms with Crippen molar-refractivity contribution in [2.24, 2.45) is 0 Å². The molecule has 0 atom stereocenters. The number of hydrogen-bond acceptors (Lipinski definition) is 3. The Morgan fingerprint density at radius 3 is 2.93 bits per heavy atom. The Hall–Kier alpha value is -1.34. The van der Waals surface area contributed by atoms with Gasteiger partial charge in [-0.2, -0.15) is 5.26 Å². The van der Waals surface area contributed by atoms with Crippen molar-refractivity contribution in [1.82, 2.24) is 0 Å². The first-order valence-corrected chi connectivity index (χ1v) is 4.72. The number of carbonyl (C=O) groups excluding carboxylic acids is 1. The number of benzene rings is 1. The minimum atomic E-state index is -0.414. The molecule has 0 aliphatic rings. The third-order valence-corrected chi connectivity index (χ3v) is 2.24. The Bertz CT molecular complexity index is 396. The summed E-state index contributed by atoms with van der Waals surface area (Å²) in [7, 11) is 1.32. The topological polar surface area (TPSA) is 50.1 Å². The van der Waals surface area contributed by atoms with Gasteiger partial charge in [0.2, 0.25) is 0 Å². The van der Waals surface area contributed by atoms with Crippen LogP contribution in [-0.2, 0) is 11.2 Å². The second kappa shape index (κ2) is 4.77. The minimum absolute atomic E-state index is 0.198. The first-order valence-electron chi connectivity index (χ1n) is 3.92. The van der Waals surface area contributed by atoms with E-state index in [0.717, 1.165) is 4.47 Å². The average molecular weight is 254 g/mol. The van der Waals surface area contributed by atoms with E-state index in [-0.39, 0.29) is 6.42 Å². The molecule has 0 radical (unpaired) electrons. The molecule has 0 unspecified atom stereocenters. The zero-order chi connectivity index (χ0) is 10.6. The Labute approximate surface area is 90.4 Å². The molecule has 0 bridgehead atoms. The van der Waals surface area contributed by atoms with Crippen molar-refractivity contribution in [3.05, 3.63) is 33.8 Å². The van der Waals surface area contributed by atoms with Crippen molar-refractivity contribution in [2.75, 3.05) is 7.11 Å². The van der Waals surface area contributed by atoms with Gasteiger partial charge >= 0.3 is 5.97 Å². The molecule has 0 N–H and O–H groups in total. The Kier molecular flexibility index (Phi) is 3.66. The van der Waals surface area contributed by atoms with Crippen LogP contribution in [0.2, 0.25) is 0 Å². The van der Waals surface area contributed by atoms with E-state index in [1.807, 2.05) is 6.07 Å². The summed E-state index contributed by atoms with van der Waals surface area (Å²) in [5, 5.41) is 8.57. The van der Waals surface area contributed by atoms with Crippen molar-refractivity contribution in [2.45, 2.75) is 6.42 Å². The highest BCUT2D eigenvalue weighted by atomic mass is 79.9. The molecule has 4 heteroatoms. The fourth-order valence-electron chi connectivity index (χ4n) is 1.10. The van der Waals surface area contributed by atoms with Crippen LogP contribution in [0.25, 0.3) is 0 Å². The van der Waals surface area contributed by atoms with E-state index in [4.69, 9.17) is 5.26 Å². The van der Waals surface area contributed by atoms with E-state index in [1.165, 1.54) is 7.11 Å². The first kappa shape index (κ1) is 10.7. The van der Waals surface area contributed by atoms with Gasteiger partial charge in [-0.15, -0.1) is 0 Å². The standard InChI is InChI=1S/C10H8BrNO2/c1-14-10(13)9-3-2-8(11)6-7(9)4-5-12/h2-3,6H,4H2,1H3. The van der Waals surface area contributed by atoms with E-state index < -0.39 is 5.97 Å². The van der Waals surface area contributed by atoms with Crippen LogP contribution >= 0.6 is 15.9 Å². The molecule has 0 spiro atoms. The lowest BCUT2D eigenvalue weighted by molar-refractivity contribution is 0.0599. The molecule has 1 aromatic carbocycles. The summed E-state index contributed by atoms with van der Waals surface area (Å²) in [5.74, 6) is -0.414. The van der Waals surface area contributed by atoms with Gasteiger partial charge in [-0.05, 0) is 23.8 Å². The highest BCUT2D eigenvalue weighted by Gasteiger charge is 2.11. The quantitative estimate of drug-likeness (QED) is 0.761. The molecule has 0 heterocycles. The van der Waals surface area contributed by atoms with E-state index >= 15 is 0 Å². The maximum absolute atomic E-state index is 11.3. The molecular weight excluding hydrogens is 246 g/mol. The van der Waals surface area contributed by atoms with Crippen LogP contribution < -0.4 is 0 Å². The van der Waals surface area contributed by atoms with Crippen LogP contribution in [0, 0.1) is 11.3 Å². The van der Waals surface area contributed by atoms with Gasteiger partial charge in [0, 0.05) is 4.47 Å². The number of rotatable bonds is 2. The van der Waals surface area contributed by atoms with Gasteiger partial charge in [0.25, 0.3) is 0 Å². The smallest absolute Gasteiger partial charge is 0.338 e. The van der Waals surface area contributed by atoms with Crippen LogP contribution in [0.1, 0.15) is 15.9 Å². The van der Waals surface area contributed by atoms with Gasteiger partial charge in [0.15, 0.2) is 0 Å². The van der Waals surface area contributed by atoms with Crippen molar-refractivity contribution < 1.29 is 9.53 Å². The predicted molar refractivity (Wildman–Crippen MR) is 54.8 cm³/mol. The number of halogens is 1. The second-order valence-electron chi connectivity index (χ2n) is 2.63. The van der Waals surface area contributed by atoms with Crippen LogP contribution in [0.5, 0.6) is 0 Å². The van der Waals surface area contributed by atoms with Crippen LogP contribution in [-0.4, -0.2) is 13.1 Å². The van der Waals surface area contributed by atoms with E-state index in [2.05, 4.69) is 20.7 Å². The molecule has 0 saturated carbocycles. The van der Waals surface area contributed by atoms with Crippen LogP contribution in [0.4, 0.5) is 0 Å². The molecule has 0 saturated heterocycles. The molecule has 0 amide bonds. The summed E-state index contributed by atoms with van der Waals surface area (Å²) in [4.78, 5) is 11.3. The molecule has 1 rings (SSSR count). The molecule has 1 aromatic rings. The molecule has 14 heavy (non-hydrogen) atoms. The maximum atomic E-state index is 11.3. The second-order valence-corrected chi connectivity index (χ2v) is 3.54. The molecule has 0 aromatic heterocycles. The Morgan fingerprint density at radius 1 is 1.64 bits per heavy atom. The molecule has 0 aliphatic heterocycles. The average Bonchev–Trinajstić information content (AvgIpc) is 2.17. The summed E-state index contributed by atoms with van der Waals surface area (Å²) in [6.07, 6.45) is 0.198. The minimum Gasteiger partial charge on any atom is -0.465 e. The summed E-state index contributed by atoms with van der Waals surface area (Å²) < 4.78 is 5.44. The third-order valence-electron chi connectivity index (χ3n) is 1.74. The first-order chi connectivity index (χ1) is 6.69. The van der Waals surface area contributed by atoms with Crippen molar-refractivity contribution in [3.8, 4) is 6.07 Å². The summed E-state index contributed by atoms with van der Waals surface area (Å²) >= 11 is 3.28. The lowest BCUT2D eigenvalue weighted by atomic mass is 10.1. The van der Waals surface area contributed by atoms with Crippen molar-refractivity contribution >= 4 is 21.9 Å². The number of nitrogens with zero attached hydrogens (tertiary/aromatic N) is 1. The monoisotopic (exact) mass is 253 g/mol. The number of ether oxygens (including phenoxy) is 1. The fraction of sp³-hybridized carbons (Fsp3) is 0.200. The van der Waals surface area contributed by atoms with Gasteiger partial charge in [-0.3, -0.25) is 0 Å². The van der Waals surface area contributed by atoms with Gasteiger partial charge < -0.3 is 4.74 Å². The zero-order valence-corrected chi connectivity index (χ0v) is 9.17. The summed E-state index contributed by atoms with van der Waals surface area (Å²) in [6.45, 7) is 0. The molecule has 72 valence electrons. The van der Waals surface area contributed by atoms with Crippen LogP contribution in [0.3, 0.4) is 0 Å². The summed E-state index contributed by atoms with van der Waals surface area (Å²) in [6, 6.07) is 7.13. The lowest BCUT2D eigenvalue weighted by Crippen LogP contribution is -2.05. The number of hydrogen-bond donors (Lipinski definition) is 0. The van der Waals surface area contributed by atoms with Crippen molar-refractivity contribution in [1.29, 1.82) is 5.26 Å². The number of nitriles is 1. The lowest BCUT2D eigenvalue weighted by Gasteiger charge is -2.04. The van der Waals surface area contributed by atoms with E-state index in [0.29, 0.717) is 11.1 Å². The third kappa shape index (κ3) is 2.33. The van der Waals surface area contributed by atoms with Crippen molar-refractivity contribution in [3.63, 3.8) is 0 Å². The fourth-order valence-corrected chi connectivity index (χ4v) is 1.51. The normalized spacial score (nSPS) is 9.21. The predicted octanol–water partition coefficient (Wildman–Crippen LogP) is 2.30. The number of methoxy groups -OCH3 is 1. The molecule has 0 aliphatic carbocycles. The zero-order valence-electron chi connectivity index (χ0n) is 7.58. The van der Waals surface area contributed by atoms with Gasteiger partial charge in [0.05, 0.1) is 25.2 Å². The van der Waals surface area contributed by atoms with Gasteiger partial charge in [-0.25, -0.2) is 4.79 Å². The Morgan fingerprint density at radius 2 is 2.36 bits per heavy atom. The van der Waals surface area contributed by atoms with Crippen LogP contribution in [0.15, 0.2) is 22.7 Å². The number of esters is 1. The van der Waals surface area contributed by atoms with E-state index in [1.54, 1.807) is 18.2 Å². The number of carbonyl (C=O) groups is 1. The Balaban J connectivity index is 3.15. The largest absolute Gasteiger partial charge is 0.465 e. The van der Waals surface area contributed by atoms with Gasteiger partial charge in [-0.1, -0.05) is 15.9 Å². The summed E-state index contributed by atoms with van der Waals surface area (Å²) in [5.41, 5.74) is 1.12. The SMILES string of the molecule is COC(=O)c1ccc(Br)cc1CC#N. The highest BCUT2D eigenvalue weighted by Crippen LogP contribution is 2.17. The maximum Gasteiger partial charge on any atom is 0.338 e. The highest BCUT2D eigenvalue weighted by molar-refractivity contribution is 9.10.